The molecule has 0 saturated heterocycles. The van der Waals surface area contributed by atoms with Crippen molar-refractivity contribution in [2.45, 2.75) is 6.92 Å². The Balaban J connectivity index is 2.22. The van der Waals surface area contributed by atoms with Crippen molar-refractivity contribution in [3.8, 4) is 11.7 Å². The number of ether oxygens (including phenoxy) is 1. The van der Waals surface area contributed by atoms with Crippen molar-refractivity contribution in [3.63, 3.8) is 0 Å². The average molecular weight is 280 g/mol. The van der Waals surface area contributed by atoms with Crippen LogP contribution in [0.5, 0.6) is 5.88 Å². The predicted octanol–water partition coefficient (Wildman–Crippen LogP) is 2.31. The number of aromatic nitrogens is 2. The largest absolute Gasteiger partial charge is 0.409 e. The van der Waals surface area contributed by atoms with Crippen molar-refractivity contribution < 1.29 is 9.53 Å². The number of pyridine rings is 2. The van der Waals surface area contributed by atoms with Gasteiger partial charge in [-0.1, -0.05) is 24.3 Å². The summed E-state index contributed by atoms with van der Waals surface area (Å²) in [5, 5.41) is 0.972. The molecule has 0 saturated carbocycles. The van der Waals surface area contributed by atoms with Gasteiger partial charge < -0.3 is 4.74 Å². The predicted molar refractivity (Wildman–Crippen MR) is 78.6 cm³/mol. The van der Waals surface area contributed by atoms with Crippen molar-refractivity contribution in [1.82, 2.24) is 9.55 Å². The molecule has 3 rings (SSSR count). The zero-order valence-electron chi connectivity index (χ0n) is 11.3. The van der Waals surface area contributed by atoms with Gasteiger partial charge in [0.25, 0.3) is 5.56 Å². The summed E-state index contributed by atoms with van der Waals surface area (Å²) in [6, 6.07) is 15.7. The molecule has 0 amide bonds. The lowest BCUT2D eigenvalue weighted by molar-refractivity contribution is -0.132. The molecule has 0 fully saturated rings. The minimum absolute atomic E-state index is 0.151. The minimum Gasteiger partial charge on any atom is -0.409 e. The van der Waals surface area contributed by atoms with Crippen LogP contribution in [0.3, 0.4) is 0 Å². The number of rotatable bonds is 2. The van der Waals surface area contributed by atoms with E-state index in [0.29, 0.717) is 5.82 Å². The molecular weight excluding hydrogens is 268 g/mol. The van der Waals surface area contributed by atoms with Crippen LogP contribution in [0.4, 0.5) is 0 Å². The second-order valence-electron chi connectivity index (χ2n) is 4.49. The van der Waals surface area contributed by atoms with Crippen LogP contribution in [-0.4, -0.2) is 15.5 Å². The number of hydrogen-bond acceptors (Lipinski definition) is 4. The van der Waals surface area contributed by atoms with E-state index >= 15 is 0 Å². The van der Waals surface area contributed by atoms with Crippen LogP contribution in [0.1, 0.15) is 6.92 Å². The van der Waals surface area contributed by atoms with E-state index in [-0.39, 0.29) is 11.4 Å². The lowest BCUT2D eigenvalue weighted by atomic mass is 10.2. The smallest absolute Gasteiger partial charge is 0.309 e. The SMILES string of the molecule is CC(=O)Oc1cccc(=O)n1-c1ccc2ccccc2n1. The monoisotopic (exact) mass is 280 g/mol. The number of nitrogens with zero attached hydrogens (tertiary/aromatic N) is 2. The van der Waals surface area contributed by atoms with Crippen molar-refractivity contribution in [1.29, 1.82) is 0 Å². The number of para-hydroxylation sites is 1. The molecule has 3 aromatic rings. The molecule has 2 heterocycles. The number of benzene rings is 1. The van der Waals surface area contributed by atoms with Crippen molar-refractivity contribution in [2.24, 2.45) is 0 Å². The molecule has 104 valence electrons. The van der Waals surface area contributed by atoms with E-state index in [0.717, 1.165) is 10.9 Å². The van der Waals surface area contributed by atoms with Gasteiger partial charge in [0.1, 0.15) is 5.82 Å². The van der Waals surface area contributed by atoms with E-state index in [1.54, 1.807) is 12.1 Å². The summed E-state index contributed by atoms with van der Waals surface area (Å²) >= 11 is 0. The summed E-state index contributed by atoms with van der Waals surface area (Å²) < 4.78 is 6.35. The molecule has 0 bridgehead atoms. The van der Waals surface area contributed by atoms with Gasteiger partial charge in [0.15, 0.2) is 0 Å². The highest BCUT2D eigenvalue weighted by atomic mass is 16.5. The Kier molecular flexibility index (Phi) is 3.23. The highest BCUT2D eigenvalue weighted by Crippen LogP contribution is 2.17. The van der Waals surface area contributed by atoms with E-state index in [1.807, 2.05) is 30.3 Å². The fourth-order valence-corrected chi connectivity index (χ4v) is 2.10. The Morgan fingerprint density at radius 3 is 2.67 bits per heavy atom. The highest BCUT2D eigenvalue weighted by molar-refractivity contribution is 5.79. The van der Waals surface area contributed by atoms with Gasteiger partial charge in [0.2, 0.25) is 5.88 Å². The van der Waals surface area contributed by atoms with E-state index in [1.165, 1.54) is 23.6 Å². The second kappa shape index (κ2) is 5.20. The first-order chi connectivity index (χ1) is 10.1. The number of hydrogen-bond donors (Lipinski definition) is 0. The van der Waals surface area contributed by atoms with Crippen molar-refractivity contribution in [3.05, 3.63) is 65.0 Å². The maximum absolute atomic E-state index is 12.1. The van der Waals surface area contributed by atoms with Crippen molar-refractivity contribution in [2.75, 3.05) is 0 Å². The van der Waals surface area contributed by atoms with Gasteiger partial charge in [-0.3, -0.25) is 9.59 Å². The summed E-state index contributed by atoms with van der Waals surface area (Å²) in [6.45, 7) is 1.29. The molecule has 0 atom stereocenters. The first-order valence-electron chi connectivity index (χ1n) is 6.42. The van der Waals surface area contributed by atoms with Gasteiger partial charge in [-0.15, -0.1) is 0 Å². The summed E-state index contributed by atoms with van der Waals surface area (Å²) in [5.74, 6) is 0.0727. The van der Waals surface area contributed by atoms with E-state index in [2.05, 4.69) is 4.98 Å². The third-order valence-electron chi connectivity index (χ3n) is 2.98. The molecule has 0 radical (unpaired) electrons. The van der Waals surface area contributed by atoms with E-state index < -0.39 is 5.97 Å². The Morgan fingerprint density at radius 2 is 1.86 bits per heavy atom. The Morgan fingerprint density at radius 1 is 1.05 bits per heavy atom. The standard InChI is InChI=1S/C16H12N2O3/c1-11(19)21-16-8-4-7-15(20)18(16)14-10-9-12-5-2-3-6-13(12)17-14/h2-10H,1H3. The lowest BCUT2D eigenvalue weighted by Gasteiger charge is -2.11. The number of carbonyl (C=O) groups is 1. The topological polar surface area (TPSA) is 61.2 Å². The zero-order chi connectivity index (χ0) is 14.8. The summed E-state index contributed by atoms with van der Waals surface area (Å²) in [5.41, 5.74) is 0.455. The lowest BCUT2D eigenvalue weighted by Crippen LogP contribution is -2.21. The van der Waals surface area contributed by atoms with Gasteiger partial charge >= 0.3 is 5.97 Å². The van der Waals surface area contributed by atoms with Gasteiger partial charge in [-0.25, -0.2) is 9.55 Å². The maximum Gasteiger partial charge on any atom is 0.309 e. The third kappa shape index (κ3) is 2.53. The molecule has 0 spiro atoms. The van der Waals surface area contributed by atoms with Gasteiger partial charge in [0, 0.05) is 18.4 Å². The van der Waals surface area contributed by atoms with Crippen LogP contribution in [0, 0.1) is 0 Å². The van der Waals surface area contributed by atoms with Gasteiger partial charge in [-0.2, -0.15) is 0 Å². The fraction of sp³-hybridized carbons (Fsp3) is 0.0625. The Labute approximate surface area is 120 Å². The normalized spacial score (nSPS) is 10.5. The van der Waals surface area contributed by atoms with Crippen LogP contribution >= 0.6 is 0 Å². The Hall–Kier alpha value is -2.95. The molecule has 2 aromatic heterocycles. The average Bonchev–Trinajstić information content (AvgIpc) is 2.46. The van der Waals surface area contributed by atoms with Crippen LogP contribution in [-0.2, 0) is 4.79 Å². The molecule has 21 heavy (non-hydrogen) atoms. The zero-order valence-corrected chi connectivity index (χ0v) is 11.3. The summed E-state index contributed by atoms with van der Waals surface area (Å²) in [7, 11) is 0. The van der Waals surface area contributed by atoms with Gasteiger partial charge in [-0.05, 0) is 24.3 Å². The minimum atomic E-state index is -0.491. The maximum atomic E-state index is 12.1. The molecule has 0 aliphatic heterocycles. The van der Waals surface area contributed by atoms with Crippen LogP contribution in [0.25, 0.3) is 16.7 Å². The molecule has 5 nitrogen and oxygen atoms in total. The summed E-state index contributed by atoms with van der Waals surface area (Å²) in [6.07, 6.45) is 0. The van der Waals surface area contributed by atoms with Crippen LogP contribution in [0.2, 0.25) is 0 Å². The molecular formula is C16H12N2O3. The molecule has 0 aliphatic rings. The van der Waals surface area contributed by atoms with E-state index in [9.17, 15) is 9.59 Å². The van der Waals surface area contributed by atoms with Crippen LogP contribution < -0.4 is 10.3 Å². The van der Waals surface area contributed by atoms with Crippen molar-refractivity contribution >= 4 is 16.9 Å². The molecule has 5 heteroatoms. The molecule has 0 unspecified atom stereocenters. The van der Waals surface area contributed by atoms with Crippen LogP contribution in [0.15, 0.2) is 59.4 Å². The quantitative estimate of drug-likeness (QED) is 0.676. The third-order valence-corrected chi connectivity index (χ3v) is 2.98. The second-order valence-corrected chi connectivity index (χ2v) is 4.49. The molecule has 0 N–H and O–H groups in total. The first kappa shape index (κ1) is 13.1. The summed E-state index contributed by atoms with van der Waals surface area (Å²) in [4.78, 5) is 27.7. The molecule has 1 aromatic carbocycles. The first-order valence-corrected chi connectivity index (χ1v) is 6.42. The number of fused-ring (bicyclic) bond motifs is 1. The van der Waals surface area contributed by atoms with E-state index in [4.69, 9.17) is 4.74 Å². The Bertz CT molecular complexity index is 884. The highest BCUT2D eigenvalue weighted by Gasteiger charge is 2.10. The van der Waals surface area contributed by atoms with Gasteiger partial charge in [0.05, 0.1) is 5.52 Å². The fourth-order valence-electron chi connectivity index (χ4n) is 2.10. The number of carbonyl (C=O) groups excluding carboxylic acids is 1. The molecule has 0 aliphatic carbocycles. The number of esters is 1.